The van der Waals surface area contributed by atoms with E-state index in [1.165, 1.54) is 5.69 Å². The van der Waals surface area contributed by atoms with E-state index in [0.717, 1.165) is 56.2 Å². The van der Waals surface area contributed by atoms with Crippen molar-refractivity contribution in [3.63, 3.8) is 0 Å². The van der Waals surface area contributed by atoms with E-state index in [2.05, 4.69) is 56.7 Å². The van der Waals surface area contributed by atoms with Crippen molar-refractivity contribution in [2.24, 2.45) is 5.92 Å². The van der Waals surface area contributed by atoms with Crippen LogP contribution in [0.5, 0.6) is 0 Å². The number of hydrogen-bond donors (Lipinski definition) is 2. The van der Waals surface area contributed by atoms with Gasteiger partial charge in [-0.2, -0.15) is 0 Å². The number of nitrogens with zero attached hydrogens (tertiary/aromatic N) is 3. The molecule has 0 spiro atoms. The van der Waals surface area contributed by atoms with Gasteiger partial charge in [-0.15, -0.1) is 0 Å². The molecule has 0 saturated carbocycles. The van der Waals surface area contributed by atoms with E-state index >= 15 is 0 Å². The highest BCUT2D eigenvalue weighted by atomic mass is 16.1. The van der Waals surface area contributed by atoms with Crippen LogP contribution < -0.4 is 15.5 Å². The van der Waals surface area contributed by atoms with Gasteiger partial charge in [-0.25, -0.2) is 4.98 Å². The van der Waals surface area contributed by atoms with Gasteiger partial charge in [0.25, 0.3) is 0 Å². The highest BCUT2D eigenvalue weighted by molar-refractivity contribution is 5.92. The molecule has 0 bridgehead atoms. The van der Waals surface area contributed by atoms with Gasteiger partial charge >= 0.3 is 0 Å². The van der Waals surface area contributed by atoms with Gasteiger partial charge in [0, 0.05) is 43.5 Å². The number of likely N-dealkylation sites (N-methyl/N-ethyl adjacent to an activating group) is 1. The molecule has 0 aliphatic carbocycles. The van der Waals surface area contributed by atoms with Crippen molar-refractivity contribution in [1.82, 2.24) is 9.88 Å². The maximum Gasteiger partial charge on any atom is 0.227 e. The topological polar surface area (TPSA) is 60.5 Å². The smallest absolute Gasteiger partial charge is 0.227 e. The summed E-state index contributed by atoms with van der Waals surface area (Å²) in [5, 5.41) is 6.26. The molecule has 6 nitrogen and oxygen atoms in total. The summed E-state index contributed by atoms with van der Waals surface area (Å²) in [6, 6.07) is 12.2. The zero-order valence-corrected chi connectivity index (χ0v) is 17.1. The normalized spacial score (nSPS) is 14.9. The molecule has 6 heteroatoms. The summed E-state index contributed by atoms with van der Waals surface area (Å²) in [6.45, 7) is 8.40. The van der Waals surface area contributed by atoms with Crippen LogP contribution in [-0.2, 0) is 4.79 Å². The third-order valence-corrected chi connectivity index (χ3v) is 5.40. The summed E-state index contributed by atoms with van der Waals surface area (Å²) >= 11 is 0. The van der Waals surface area contributed by atoms with Gasteiger partial charge in [-0.1, -0.05) is 13.8 Å². The lowest BCUT2D eigenvalue weighted by molar-refractivity contribution is -0.120. The molecule has 2 heterocycles. The SMILES string of the molecule is CCC(CC)C(=O)Nc1ccc(Nc2ccc(N3CCN(C)CC3)cc2)nc1. The number of rotatable bonds is 7. The van der Waals surface area contributed by atoms with Crippen LogP contribution in [0.1, 0.15) is 26.7 Å². The molecular formula is C22H31N5O. The number of piperazine rings is 1. The highest BCUT2D eigenvalue weighted by Crippen LogP contribution is 2.22. The minimum Gasteiger partial charge on any atom is -0.369 e. The zero-order chi connectivity index (χ0) is 19.9. The summed E-state index contributed by atoms with van der Waals surface area (Å²) in [4.78, 5) is 21.4. The van der Waals surface area contributed by atoms with Gasteiger partial charge in [0.1, 0.15) is 5.82 Å². The standard InChI is InChI=1S/C22H31N5O/c1-4-17(5-2)22(28)25-19-8-11-21(23-16-19)24-18-6-9-20(10-7-18)27-14-12-26(3)13-15-27/h6-11,16-17H,4-5,12-15H2,1-3H3,(H,23,24)(H,25,28). The number of carbonyl (C=O) groups excluding carboxylic acids is 1. The van der Waals surface area contributed by atoms with Gasteiger partial charge in [-0.3, -0.25) is 4.79 Å². The molecule has 3 rings (SSSR count). The molecule has 0 unspecified atom stereocenters. The lowest BCUT2D eigenvalue weighted by Gasteiger charge is -2.34. The summed E-state index contributed by atoms with van der Waals surface area (Å²) in [7, 11) is 2.17. The van der Waals surface area contributed by atoms with Crippen LogP contribution >= 0.6 is 0 Å². The molecule has 28 heavy (non-hydrogen) atoms. The Hall–Kier alpha value is -2.60. The monoisotopic (exact) mass is 381 g/mol. The van der Waals surface area contributed by atoms with Gasteiger partial charge in [0.2, 0.25) is 5.91 Å². The summed E-state index contributed by atoms with van der Waals surface area (Å²) < 4.78 is 0. The Morgan fingerprint density at radius 3 is 2.21 bits per heavy atom. The predicted octanol–water partition coefficient (Wildman–Crippen LogP) is 3.95. The number of anilines is 4. The second-order valence-corrected chi connectivity index (χ2v) is 7.40. The fourth-order valence-electron chi connectivity index (χ4n) is 3.41. The molecule has 1 aromatic carbocycles. The predicted molar refractivity (Wildman–Crippen MR) is 116 cm³/mol. The van der Waals surface area contributed by atoms with Crippen LogP contribution in [0.3, 0.4) is 0 Å². The van der Waals surface area contributed by atoms with Gasteiger partial charge in [-0.05, 0) is 56.3 Å². The fraction of sp³-hybridized carbons (Fsp3) is 0.455. The Morgan fingerprint density at radius 2 is 1.64 bits per heavy atom. The van der Waals surface area contributed by atoms with Crippen LogP contribution in [0.25, 0.3) is 0 Å². The third-order valence-electron chi connectivity index (χ3n) is 5.40. The molecule has 1 aromatic heterocycles. The van der Waals surface area contributed by atoms with E-state index < -0.39 is 0 Å². The van der Waals surface area contributed by atoms with Crippen LogP contribution in [0.15, 0.2) is 42.6 Å². The Balaban J connectivity index is 1.56. The second kappa shape index (κ2) is 9.55. The third kappa shape index (κ3) is 5.23. The molecule has 1 amide bonds. The molecule has 150 valence electrons. The average molecular weight is 382 g/mol. The van der Waals surface area contributed by atoms with Crippen molar-refractivity contribution in [3.05, 3.63) is 42.6 Å². The van der Waals surface area contributed by atoms with E-state index in [0.29, 0.717) is 0 Å². The molecule has 2 N–H and O–H groups in total. The van der Waals surface area contributed by atoms with Gasteiger partial charge in [0.05, 0.1) is 11.9 Å². The number of carbonyl (C=O) groups is 1. The fourth-order valence-corrected chi connectivity index (χ4v) is 3.41. The lowest BCUT2D eigenvalue weighted by atomic mass is 10.0. The first-order valence-electron chi connectivity index (χ1n) is 10.2. The molecule has 2 aromatic rings. The number of amides is 1. The largest absolute Gasteiger partial charge is 0.369 e. The molecule has 0 radical (unpaired) electrons. The summed E-state index contributed by atoms with van der Waals surface area (Å²) in [6.07, 6.45) is 3.39. The Morgan fingerprint density at radius 1 is 1.00 bits per heavy atom. The van der Waals surface area contributed by atoms with E-state index in [1.807, 2.05) is 26.0 Å². The first-order valence-corrected chi connectivity index (χ1v) is 10.2. The highest BCUT2D eigenvalue weighted by Gasteiger charge is 2.15. The van der Waals surface area contributed by atoms with E-state index in [4.69, 9.17) is 0 Å². The van der Waals surface area contributed by atoms with Crippen LogP contribution in [-0.4, -0.2) is 49.0 Å². The summed E-state index contributed by atoms with van der Waals surface area (Å²) in [5.74, 6) is 0.872. The summed E-state index contributed by atoms with van der Waals surface area (Å²) in [5.41, 5.74) is 2.98. The number of benzene rings is 1. The zero-order valence-electron chi connectivity index (χ0n) is 17.1. The van der Waals surface area contributed by atoms with Crippen molar-refractivity contribution in [1.29, 1.82) is 0 Å². The van der Waals surface area contributed by atoms with Crippen molar-refractivity contribution in [2.75, 3.05) is 48.8 Å². The van der Waals surface area contributed by atoms with Crippen molar-refractivity contribution < 1.29 is 4.79 Å². The molecule has 0 atom stereocenters. The first-order chi connectivity index (χ1) is 13.6. The van der Waals surface area contributed by atoms with E-state index in [9.17, 15) is 4.79 Å². The van der Waals surface area contributed by atoms with E-state index in [-0.39, 0.29) is 11.8 Å². The molecule has 1 saturated heterocycles. The van der Waals surface area contributed by atoms with Crippen LogP contribution in [0.2, 0.25) is 0 Å². The van der Waals surface area contributed by atoms with Crippen molar-refractivity contribution >= 4 is 28.8 Å². The van der Waals surface area contributed by atoms with Crippen molar-refractivity contribution in [3.8, 4) is 0 Å². The van der Waals surface area contributed by atoms with Crippen LogP contribution in [0.4, 0.5) is 22.9 Å². The maximum absolute atomic E-state index is 12.2. The maximum atomic E-state index is 12.2. The Labute approximate surface area is 167 Å². The number of nitrogens with one attached hydrogen (secondary N) is 2. The van der Waals surface area contributed by atoms with Gasteiger partial charge in [0.15, 0.2) is 0 Å². The number of hydrogen-bond acceptors (Lipinski definition) is 5. The molecular weight excluding hydrogens is 350 g/mol. The molecule has 1 aliphatic heterocycles. The second-order valence-electron chi connectivity index (χ2n) is 7.40. The molecule has 1 fully saturated rings. The number of pyridine rings is 1. The lowest BCUT2D eigenvalue weighted by Crippen LogP contribution is -2.44. The number of aromatic nitrogens is 1. The minimum absolute atomic E-state index is 0.0524. The van der Waals surface area contributed by atoms with E-state index in [1.54, 1.807) is 6.20 Å². The molecule has 1 aliphatic rings. The van der Waals surface area contributed by atoms with Gasteiger partial charge < -0.3 is 20.4 Å². The Bertz CT molecular complexity index is 748. The average Bonchev–Trinajstić information content (AvgIpc) is 2.72. The first kappa shape index (κ1) is 20.1. The van der Waals surface area contributed by atoms with Crippen molar-refractivity contribution in [2.45, 2.75) is 26.7 Å². The quantitative estimate of drug-likeness (QED) is 0.760. The minimum atomic E-state index is 0.0524. The van der Waals surface area contributed by atoms with Crippen LogP contribution in [0, 0.1) is 5.92 Å². The Kier molecular flexibility index (Phi) is 6.87.